The largest absolute Gasteiger partial charge is 0.494 e. The van der Waals surface area contributed by atoms with Crippen LogP contribution in [0.25, 0.3) is 11.5 Å². The Kier molecular flexibility index (Phi) is 4.11. The minimum absolute atomic E-state index is 0.134. The zero-order valence-corrected chi connectivity index (χ0v) is 10.9. The van der Waals surface area contributed by atoms with Gasteiger partial charge in [0.1, 0.15) is 0 Å². The number of hydrogen-bond donors (Lipinski definition) is 1. The molecule has 2 aromatic rings. The Morgan fingerprint density at radius 3 is 2.95 bits per heavy atom. The maximum absolute atomic E-state index is 13.3. The van der Waals surface area contributed by atoms with Gasteiger partial charge < -0.3 is 15.0 Å². The molecule has 102 valence electrons. The summed E-state index contributed by atoms with van der Waals surface area (Å²) in [6.45, 7) is 2.03. The monoisotopic (exact) mass is 265 g/mol. The molecule has 0 saturated carbocycles. The first-order chi connectivity index (χ1) is 9.15. The number of nitrogens with two attached hydrogens (primary N) is 1. The second kappa shape index (κ2) is 5.79. The summed E-state index contributed by atoms with van der Waals surface area (Å²) in [7, 11) is 1.40. The minimum Gasteiger partial charge on any atom is -0.494 e. The molecule has 6 heteroatoms. The molecular formula is C13H16FN3O2. The molecule has 0 aliphatic heterocycles. The summed E-state index contributed by atoms with van der Waals surface area (Å²) in [6.07, 6.45) is 1.72. The fourth-order valence-electron chi connectivity index (χ4n) is 1.74. The molecule has 0 spiro atoms. The molecule has 1 aromatic heterocycles. The first-order valence-corrected chi connectivity index (χ1v) is 6.08. The van der Waals surface area contributed by atoms with Gasteiger partial charge in [-0.3, -0.25) is 0 Å². The van der Waals surface area contributed by atoms with E-state index < -0.39 is 5.82 Å². The van der Waals surface area contributed by atoms with E-state index in [4.69, 9.17) is 15.0 Å². The average molecular weight is 265 g/mol. The highest BCUT2D eigenvalue weighted by Crippen LogP contribution is 2.26. The van der Waals surface area contributed by atoms with Gasteiger partial charge in [0.2, 0.25) is 0 Å². The summed E-state index contributed by atoms with van der Waals surface area (Å²) in [5.74, 6) is 0.462. The first-order valence-electron chi connectivity index (χ1n) is 6.08. The smallest absolute Gasteiger partial charge is 0.258 e. The number of halogens is 1. The van der Waals surface area contributed by atoms with Gasteiger partial charge in [-0.1, -0.05) is 18.5 Å². The number of aromatic nitrogens is 2. The van der Waals surface area contributed by atoms with E-state index >= 15 is 0 Å². The predicted octanol–water partition coefficient (Wildman–Crippen LogP) is 2.68. The zero-order chi connectivity index (χ0) is 13.8. The fraction of sp³-hybridized carbons (Fsp3) is 0.385. The van der Waals surface area contributed by atoms with Crippen LogP contribution in [0.3, 0.4) is 0 Å². The molecule has 2 rings (SSSR count). The second-order valence-corrected chi connectivity index (χ2v) is 4.20. The molecule has 0 aliphatic rings. The highest BCUT2D eigenvalue weighted by molar-refractivity contribution is 5.56. The molecule has 5 nitrogen and oxygen atoms in total. The molecule has 0 aliphatic carbocycles. The van der Waals surface area contributed by atoms with E-state index in [0.717, 1.165) is 12.8 Å². The van der Waals surface area contributed by atoms with E-state index in [1.165, 1.54) is 19.2 Å². The van der Waals surface area contributed by atoms with Gasteiger partial charge in [-0.05, 0) is 24.6 Å². The molecule has 0 radical (unpaired) electrons. The first kappa shape index (κ1) is 13.5. The van der Waals surface area contributed by atoms with Crippen molar-refractivity contribution in [2.24, 2.45) is 5.73 Å². The Morgan fingerprint density at radius 1 is 1.47 bits per heavy atom. The third-order valence-electron chi connectivity index (χ3n) is 2.77. The van der Waals surface area contributed by atoms with E-state index in [-0.39, 0.29) is 11.8 Å². The number of ether oxygens (including phenoxy) is 1. The van der Waals surface area contributed by atoms with Gasteiger partial charge in [0.05, 0.1) is 13.2 Å². The summed E-state index contributed by atoms with van der Waals surface area (Å²) in [6, 6.07) is 4.12. The summed E-state index contributed by atoms with van der Waals surface area (Å²) in [5.41, 5.74) is 6.51. The lowest BCUT2D eigenvalue weighted by Gasteiger charge is -2.03. The molecule has 19 heavy (non-hydrogen) atoms. The molecule has 0 amide bonds. The van der Waals surface area contributed by atoms with Gasteiger partial charge in [-0.15, -0.1) is 0 Å². The number of hydrogen-bond acceptors (Lipinski definition) is 5. The summed E-state index contributed by atoms with van der Waals surface area (Å²) in [5, 5.41) is 3.84. The molecule has 1 unspecified atom stereocenters. The summed E-state index contributed by atoms with van der Waals surface area (Å²) >= 11 is 0. The van der Waals surface area contributed by atoms with E-state index in [1.54, 1.807) is 6.07 Å². The third kappa shape index (κ3) is 2.90. The van der Waals surface area contributed by atoms with Gasteiger partial charge in [0, 0.05) is 5.56 Å². The van der Waals surface area contributed by atoms with Gasteiger partial charge in [0.25, 0.3) is 5.89 Å². The maximum Gasteiger partial charge on any atom is 0.258 e. The molecule has 0 saturated heterocycles. The standard InChI is InChI=1S/C13H16FN3O2/c1-3-4-10(15)12-16-13(19-17-12)8-5-6-9(14)11(7-8)18-2/h5-7,10H,3-4,15H2,1-2H3. The van der Waals surface area contributed by atoms with Crippen LogP contribution >= 0.6 is 0 Å². The lowest BCUT2D eigenvalue weighted by atomic mass is 10.1. The molecular weight excluding hydrogens is 249 g/mol. The molecule has 0 fully saturated rings. The highest BCUT2D eigenvalue weighted by atomic mass is 19.1. The third-order valence-corrected chi connectivity index (χ3v) is 2.77. The molecule has 1 atom stereocenters. The van der Waals surface area contributed by atoms with Gasteiger partial charge >= 0.3 is 0 Å². The van der Waals surface area contributed by atoms with Crippen molar-refractivity contribution < 1.29 is 13.7 Å². The number of methoxy groups -OCH3 is 1. The number of rotatable bonds is 5. The van der Waals surface area contributed by atoms with Crippen LogP contribution in [0, 0.1) is 5.82 Å². The molecule has 0 bridgehead atoms. The SMILES string of the molecule is CCCC(N)c1noc(-c2ccc(F)c(OC)c2)n1. The Labute approximate surface area is 110 Å². The van der Waals surface area contributed by atoms with Crippen LogP contribution in [0.4, 0.5) is 4.39 Å². The van der Waals surface area contributed by atoms with E-state index in [0.29, 0.717) is 17.3 Å². The van der Waals surface area contributed by atoms with Crippen molar-refractivity contribution in [3.05, 3.63) is 29.8 Å². The lowest BCUT2D eigenvalue weighted by Crippen LogP contribution is -2.11. The van der Waals surface area contributed by atoms with Crippen molar-refractivity contribution >= 4 is 0 Å². The van der Waals surface area contributed by atoms with E-state index in [9.17, 15) is 4.39 Å². The van der Waals surface area contributed by atoms with Crippen LogP contribution < -0.4 is 10.5 Å². The normalized spacial score (nSPS) is 12.4. The lowest BCUT2D eigenvalue weighted by molar-refractivity contribution is 0.385. The highest BCUT2D eigenvalue weighted by Gasteiger charge is 2.15. The second-order valence-electron chi connectivity index (χ2n) is 4.20. The molecule has 1 aromatic carbocycles. The average Bonchev–Trinajstić information content (AvgIpc) is 2.89. The number of nitrogens with zero attached hydrogens (tertiary/aromatic N) is 2. The van der Waals surface area contributed by atoms with Crippen molar-refractivity contribution in [3.8, 4) is 17.2 Å². The summed E-state index contributed by atoms with van der Waals surface area (Å²) in [4.78, 5) is 4.22. The van der Waals surface area contributed by atoms with Crippen LogP contribution in [-0.2, 0) is 0 Å². The molecule has 2 N–H and O–H groups in total. The molecule has 1 heterocycles. The summed E-state index contributed by atoms with van der Waals surface area (Å²) < 4.78 is 23.4. The van der Waals surface area contributed by atoms with Crippen LogP contribution in [0.2, 0.25) is 0 Å². The Balaban J connectivity index is 2.27. The van der Waals surface area contributed by atoms with Gasteiger partial charge in [0.15, 0.2) is 17.4 Å². The Bertz CT molecular complexity index is 557. The van der Waals surface area contributed by atoms with E-state index in [1.807, 2.05) is 6.92 Å². The van der Waals surface area contributed by atoms with Gasteiger partial charge in [-0.25, -0.2) is 4.39 Å². The van der Waals surface area contributed by atoms with Crippen LogP contribution in [0.5, 0.6) is 5.75 Å². The quantitative estimate of drug-likeness (QED) is 0.899. The van der Waals surface area contributed by atoms with Crippen molar-refractivity contribution in [3.63, 3.8) is 0 Å². The van der Waals surface area contributed by atoms with Gasteiger partial charge in [-0.2, -0.15) is 4.98 Å². The fourth-order valence-corrected chi connectivity index (χ4v) is 1.74. The topological polar surface area (TPSA) is 74.2 Å². The number of benzene rings is 1. The van der Waals surface area contributed by atoms with Crippen LogP contribution in [0.1, 0.15) is 31.6 Å². The minimum atomic E-state index is -0.436. The van der Waals surface area contributed by atoms with Crippen molar-refractivity contribution in [1.29, 1.82) is 0 Å². The van der Waals surface area contributed by atoms with E-state index in [2.05, 4.69) is 10.1 Å². The Hall–Kier alpha value is -1.95. The maximum atomic E-state index is 13.3. The van der Waals surface area contributed by atoms with Crippen LogP contribution in [-0.4, -0.2) is 17.3 Å². The predicted molar refractivity (Wildman–Crippen MR) is 68.1 cm³/mol. The van der Waals surface area contributed by atoms with Crippen molar-refractivity contribution in [1.82, 2.24) is 10.1 Å². The Morgan fingerprint density at radius 2 is 2.26 bits per heavy atom. The van der Waals surface area contributed by atoms with Crippen molar-refractivity contribution in [2.75, 3.05) is 7.11 Å². The van der Waals surface area contributed by atoms with Crippen LogP contribution in [0.15, 0.2) is 22.7 Å². The van der Waals surface area contributed by atoms with Crippen molar-refractivity contribution in [2.45, 2.75) is 25.8 Å². The zero-order valence-electron chi connectivity index (χ0n) is 10.9.